The van der Waals surface area contributed by atoms with Crippen molar-refractivity contribution >= 4 is 6.03 Å². The van der Waals surface area contributed by atoms with Gasteiger partial charge in [-0.3, -0.25) is 0 Å². The number of rotatable bonds is 9. The Morgan fingerprint density at radius 3 is 2.73 bits per heavy atom. The molecule has 122 valence electrons. The van der Waals surface area contributed by atoms with Gasteiger partial charge in [0.25, 0.3) is 0 Å². The highest BCUT2D eigenvalue weighted by molar-refractivity contribution is 5.75. The summed E-state index contributed by atoms with van der Waals surface area (Å²) in [6.45, 7) is 5.57. The molecule has 1 saturated heterocycles. The largest absolute Gasteiger partial charge is 0.494 e. The molecule has 5 nitrogen and oxygen atoms in total. The minimum Gasteiger partial charge on any atom is -0.494 e. The van der Waals surface area contributed by atoms with E-state index in [1.807, 2.05) is 30.3 Å². The van der Waals surface area contributed by atoms with E-state index < -0.39 is 0 Å². The molecular weight excluding hydrogens is 280 g/mol. The van der Waals surface area contributed by atoms with Crippen molar-refractivity contribution < 1.29 is 14.3 Å². The summed E-state index contributed by atoms with van der Waals surface area (Å²) in [5, 5.41) is 2.91. The molecule has 22 heavy (non-hydrogen) atoms. The van der Waals surface area contributed by atoms with Gasteiger partial charge < -0.3 is 19.7 Å². The third-order valence-electron chi connectivity index (χ3n) is 3.60. The van der Waals surface area contributed by atoms with Crippen LogP contribution in [0.2, 0.25) is 0 Å². The zero-order chi connectivity index (χ0) is 15.6. The molecule has 0 bridgehead atoms. The first-order chi connectivity index (χ1) is 10.8. The van der Waals surface area contributed by atoms with E-state index in [2.05, 4.69) is 12.2 Å². The number of unbranched alkanes of at least 4 members (excludes halogenated alkanes) is 1. The Morgan fingerprint density at radius 1 is 1.23 bits per heavy atom. The Morgan fingerprint density at radius 2 is 2.00 bits per heavy atom. The number of likely N-dealkylation sites (tertiary alicyclic amines) is 1. The average Bonchev–Trinajstić information content (AvgIpc) is 2.50. The van der Waals surface area contributed by atoms with E-state index in [4.69, 9.17) is 9.47 Å². The Bertz CT molecular complexity index is 433. The highest BCUT2D eigenvalue weighted by Crippen LogP contribution is 2.12. The fourth-order valence-corrected chi connectivity index (χ4v) is 2.21. The summed E-state index contributed by atoms with van der Waals surface area (Å²) >= 11 is 0. The molecule has 0 atom stereocenters. The number of carbonyl (C=O) groups excluding carboxylic acids is 1. The fraction of sp³-hybridized carbons (Fsp3) is 0.588. The summed E-state index contributed by atoms with van der Waals surface area (Å²) < 4.78 is 11.3. The average molecular weight is 306 g/mol. The van der Waals surface area contributed by atoms with E-state index in [9.17, 15) is 4.79 Å². The number of amides is 2. The maximum atomic E-state index is 11.7. The Labute approximate surface area is 132 Å². The van der Waals surface area contributed by atoms with Crippen LogP contribution in [0.3, 0.4) is 0 Å². The summed E-state index contributed by atoms with van der Waals surface area (Å²) in [5.74, 6) is 0.890. The van der Waals surface area contributed by atoms with Crippen molar-refractivity contribution in [3.8, 4) is 5.75 Å². The van der Waals surface area contributed by atoms with Gasteiger partial charge in [-0.1, -0.05) is 31.5 Å². The Hall–Kier alpha value is -1.75. The Kier molecular flexibility index (Phi) is 7.03. The zero-order valence-electron chi connectivity index (χ0n) is 13.3. The van der Waals surface area contributed by atoms with Crippen LogP contribution >= 0.6 is 0 Å². The summed E-state index contributed by atoms with van der Waals surface area (Å²) in [6.07, 6.45) is 3.15. The molecule has 5 heteroatoms. The molecule has 2 amide bonds. The van der Waals surface area contributed by atoms with Gasteiger partial charge in [0.05, 0.1) is 32.4 Å². The summed E-state index contributed by atoms with van der Waals surface area (Å²) in [4.78, 5) is 13.5. The number of nitrogens with zero attached hydrogens (tertiary/aromatic N) is 1. The number of para-hydroxylation sites is 1. The van der Waals surface area contributed by atoms with Gasteiger partial charge in [-0.15, -0.1) is 0 Å². The Balaban J connectivity index is 1.46. The van der Waals surface area contributed by atoms with Crippen molar-refractivity contribution in [1.29, 1.82) is 0 Å². The highest BCUT2D eigenvalue weighted by atomic mass is 16.5. The molecule has 0 aromatic heterocycles. The van der Waals surface area contributed by atoms with Crippen molar-refractivity contribution in [3.05, 3.63) is 30.3 Å². The molecule has 1 fully saturated rings. The summed E-state index contributed by atoms with van der Waals surface area (Å²) in [7, 11) is 0. The minimum absolute atomic E-state index is 0.0284. The monoisotopic (exact) mass is 306 g/mol. The fourth-order valence-electron chi connectivity index (χ4n) is 2.21. The molecule has 0 aliphatic carbocycles. The molecule has 2 rings (SSSR count). The SMILES string of the molecule is CCCCNC(=O)N1CC(OCCCOc2ccccc2)C1. The van der Waals surface area contributed by atoms with Crippen LogP contribution in [0.5, 0.6) is 5.75 Å². The lowest BCUT2D eigenvalue weighted by Gasteiger charge is -2.38. The first-order valence-electron chi connectivity index (χ1n) is 8.12. The van der Waals surface area contributed by atoms with Gasteiger partial charge in [0, 0.05) is 13.0 Å². The van der Waals surface area contributed by atoms with Crippen molar-refractivity contribution in [1.82, 2.24) is 10.2 Å². The van der Waals surface area contributed by atoms with Gasteiger partial charge in [0.1, 0.15) is 5.75 Å². The number of nitrogens with one attached hydrogen (secondary N) is 1. The van der Waals surface area contributed by atoms with E-state index in [1.54, 1.807) is 4.90 Å². The van der Waals surface area contributed by atoms with E-state index in [1.165, 1.54) is 0 Å². The molecule has 1 aromatic carbocycles. The molecule has 0 spiro atoms. The molecule has 0 unspecified atom stereocenters. The van der Waals surface area contributed by atoms with Crippen LogP contribution in [0.15, 0.2) is 30.3 Å². The second kappa shape index (κ2) is 9.30. The molecule has 1 aliphatic heterocycles. The van der Waals surface area contributed by atoms with Gasteiger partial charge in [-0.2, -0.15) is 0 Å². The summed E-state index contributed by atoms with van der Waals surface area (Å²) in [6, 6.07) is 9.81. The van der Waals surface area contributed by atoms with E-state index in [-0.39, 0.29) is 12.1 Å². The van der Waals surface area contributed by atoms with E-state index in [0.29, 0.717) is 26.3 Å². The standard InChI is InChI=1S/C17H26N2O3/c1-2-3-10-18-17(20)19-13-16(14-19)22-12-7-11-21-15-8-5-4-6-9-15/h4-6,8-9,16H,2-3,7,10-14H2,1H3,(H,18,20). The molecule has 0 radical (unpaired) electrons. The van der Waals surface area contributed by atoms with Crippen LogP contribution in [0.25, 0.3) is 0 Å². The van der Waals surface area contributed by atoms with Gasteiger partial charge in [-0.05, 0) is 18.6 Å². The predicted molar refractivity (Wildman–Crippen MR) is 86.2 cm³/mol. The van der Waals surface area contributed by atoms with Crippen LogP contribution < -0.4 is 10.1 Å². The third kappa shape index (κ3) is 5.56. The quantitative estimate of drug-likeness (QED) is 0.714. The van der Waals surface area contributed by atoms with Crippen LogP contribution in [0, 0.1) is 0 Å². The molecule has 1 heterocycles. The van der Waals surface area contributed by atoms with E-state index >= 15 is 0 Å². The summed E-state index contributed by atoms with van der Waals surface area (Å²) in [5.41, 5.74) is 0. The van der Waals surface area contributed by atoms with Gasteiger partial charge in [-0.25, -0.2) is 4.79 Å². The molecule has 1 N–H and O–H groups in total. The number of hydrogen-bond acceptors (Lipinski definition) is 3. The van der Waals surface area contributed by atoms with Crippen molar-refractivity contribution in [2.45, 2.75) is 32.3 Å². The van der Waals surface area contributed by atoms with Crippen LogP contribution in [-0.2, 0) is 4.74 Å². The lowest BCUT2D eigenvalue weighted by Crippen LogP contribution is -2.57. The number of benzene rings is 1. The van der Waals surface area contributed by atoms with E-state index in [0.717, 1.165) is 31.6 Å². The second-order valence-corrected chi connectivity index (χ2v) is 5.50. The van der Waals surface area contributed by atoms with Gasteiger partial charge >= 0.3 is 6.03 Å². The first kappa shape index (κ1) is 16.6. The molecule has 1 aromatic rings. The minimum atomic E-state index is 0.0284. The topological polar surface area (TPSA) is 50.8 Å². The maximum absolute atomic E-state index is 11.7. The molecule has 0 saturated carbocycles. The van der Waals surface area contributed by atoms with Crippen molar-refractivity contribution in [2.75, 3.05) is 32.8 Å². The molecular formula is C17H26N2O3. The third-order valence-corrected chi connectivity index (χ3v) is 3.60. The van der Waals surface area contributed by atoms with Crippen LogP contribution in [0.4, 0.5) is 4.79 Å². The van der Waals surface area contributed by atoms with Gasteiger partial charge in [0.15, 0.2) is 0 Å². The van der Waals surface area contributed by atoms with Gasteiger partial charge in [0.2, 0.25) is 0 Å². The number of hydrogen-bond donors (Lipinski definition) is 1. The number of ether oxygens (including phenoxy) is 2. The number of urea groups is 1. The van der Waals surface area contributed by atoms with Crippen molar-refractivity contribution in [2.24, 2.45) is 0 Å². The predicted octanol–water partition coefficient (Wildman–Crippen LogP) is 2.67. The normalized spacial score (nSPS) is 14.5. The maximum Gasteiger partial charge on any atom is 0.317 e. The second-order valence-electron chi connectivity index (χ2n) is 5.50. The zero-order valence-corrected chi connectivity index (χ0v) is 13.3. The lowest BCUT2D eigenvalue weighted by molar-refractivity contribution is -0.0382. The smallest absolute Gasteiger partial charge is 0.317 e. The number of carbonyl (C=O) groups is 1. The highest BCUT2D eigenvalue weighted by Gasteiger charge is 2.30. The molecule has 1 aliphatic rings. The van der Waals surface area contributed by atoms with Crippen molar-refractivity contribution in [3.63, 3.8) is 0 Å². The van der Waals surface area contributed by atoms with Crippen LogP contribution in [-0.4, -0.2) is 49.9 Å². The first-order valence-corrected chi connectivity index (χ1v) is 8.12. The van der Waals surface area contributed by atoms with Crippen LogP contribution in [0.1, 0.15) is 26.2 Å². The lowest BCUT2D eigenvalue weighted by atomic mass is 10.2.